The Morgan fingerprint density at radius 2 is 2.00 bits per heavy atom. The van der Waals surface area contributed by atoms with Crippen molar-refractivity contribution < 1.29 is 0 Å². The van der Waals surface area contributed by atoms with Gasteiger partial charge in [-0.15, -0.1) is 11.3 Å². The first-order chi connectivity index (χ1) is 8.70. The van der Waals surface area contributed by atoms with E-state index in [1.807, 2.05) is 11.3 Å². The first kappa shape index (κ1) is 14.5. The molecular formula is C14H15BrINS. The monoisotopic (exact) mass is 435 g/mol. The Morgan fingerprint density at radius 1 is 1.28 bits per heavy atom. The van der Waals surface area contributed by atoms with Gasteiger partial charge in [-0.1, -0.05) is 19.1 Å². The van der Waals surface area contributed by atoms with Crippen LogP contribution in [0, 0.1) is 3.57 Å². The van der Waals surface area contributed by atoms with Crippen LogP contribution in [0.3, 0.4) is 0 Å². The Morgan fingerprint density at radius 3 is 2.56 bits per heavy atom. The first-order valence-electron chi connectivity index (χ1n) is 5.91. The van der Waals surface area contributed by atoms with Gasteiger partial charge in [-0.3, -0.25) is 0 Å². The molecule has 4 heteroatoms. The Bertz CT molecular complexity index is 495. The second-order valence-electron chi connectivity index (χ2n) is 4.06. The number of rotatable bonds is 5. The largest absolute Gasteiger partial charge is 0.310 e. The molecule has 1 aromatic heterocycles. The maximum absolute atomic E-state index is 3.61. The molecule has 0 spiro atoms. The van der Waals surface area contributed by atoms with Gasteiger partial charge in [0.2, 0.25) is 0 Å². The van der Waals surface area contributed by atoms with E-state index in [1.54, 1.807) is 0 Å². The summed E-state index contributed by atoms with van der Waals surface area (Å²) in [5.41, 5.74) is 1.36. The predicted octanol–water partition coefficient (Wildman–Crippen LogP) is 5.01. The van der Waals surface area contributed by atoms with Gasteiger partial charge in [-0.05, 0) is 74.2 Å². The normalized spacial score (nSPS) is 12.6. The molecule has 18 heavy (non-hydrogen) atoms. The third-order valence-electron chi connectivity index (χ3n) is 2.80. The van der Waals surface area contributed by atoms with Gasteiger partial charge in [0.25, 0.3) is 0 Å². The molecular weight excluding hydrogens is 421 g/mol. The zero-order chi connectivity index (χ0) is 13.0. The van der Waals surface area contributed by atoms with Gasteiger partial charge < -0.3 is 5.32 Å². The van der Waals surface area contributed by atoms with Crippen molar-refractivity contribution in [2.45, 2.75) is 19.4 Å². The van der Waals surface area contributed by atoms with E-state index in [0.29, 0.717) is 6.04 Å². The fourth-order valence-corrected chi connectivity index (χ4v) is 3.83. The van der Waals surface area contributed by atoms with Crippen LogP contribution < -0.4 is 5.32 Å². The molecule has 1 N–H and O–H groups in total. The zero-order valence-electron chi connectivity index (χ0n) is 10.1. The van der Waals surface area contributed by atoms with E-state index in [1.165, 1.54) is 18.5 Å². The maximum Gasteiger partial charge on any atom is 0.0369 e. The summed E-state index contributed by atoms with van der Waals surface area (Å²) in [6.07, 6.45) is 1.03. The van der Waals surface area contributed by atoms with E-state index >= 15 is 0 Å². The lowest BCUT2D eigenvalue weighted by molar-refractivity contribution is 0.552. The molecule has 0 fully saturated rings. The molecule has 0 radical (unpaired) electrons. The van der Waals surface area contributed by atoms with Crippen LogP contribution in [0.5, 0.6) is 0 Å². The smallest absolute Gasteiger partial charge is 0.0369 e. The summed E-state index contributed by atoms with van der Waals surface area (Å²) in [7, 11) is 0. The van der Waals surface area contributed by atoms with Crippen molar-refractivity contribution in [3.63, 3.8) is 0 Å². The van der Waals surface area contributed by atoms with E-state index in [9.17, 15) is 0 Å². The summed E-state index contributed by atoms with van der Waals surface area (Å²) in [5, 5.41) is 5.70. The van der Waals surface area contributed by atoms with E-state index in [4.69, 9.17) is 0 Å². The van der Waals surface area contributed by atoms with Crippen LogP contribution >= 0.6 is 49.9 Å². The summed E-state index contributed by atoms with van der Waals surface area (Å²) < 4.78 is 2.50. The third kappa shape index (κ3) is 3.79. The van der Waals surface area contributed by atoms with Crippen LogP contribution in [0.15, 0.2) is 40.2 Å². The van der Waals surface area contributed by atoms with Crippen LogP contribution in [-0.4, -0.2) is 6.54 Å². The van der Waals surface area contributed by atoms with Crippen molar-refractivity contribution in [1.29, 1.82) is 0 Å². The number of hydrogen-bond donors (Lipinski definition) is 1. The van der Waals surface area contributed by atoms with Crippen LogP contribution in [0.2, 0.25) is 0 Å². The Hall–Kier alpha value is 0.0900. The molecule has 2 rings (SSSR count). The highest BCUT2D eigenvalue weighted by Crippen LogP contribution is 2.28. The standard InChI is InChI=1S/C14H15BrINS/c1-2-17-13(9-14-12(15)7-8-18-14)10-3-5-11(16)6-4-10/h3-8,13,17H,2,9H2,1H3. The fraction of sp³-hybridized carbons (Fsp3) is 0.286. The molecule has 0 bridgehead atoms. The van der Waals surface area contributed by atoms with Crippen molar-refractivity contribution in [2.75, 3.05) is 6.54 Å². The van der Waals surface area contributed by atoms with E-state index in [-0.39, 0.29) is 0 Å². The molecule has 1 unspecified atom stereocenters. The molecule has 0 saturated carbocycles. The average Bonchev–Trinajstić information content (AvgIpc) is 2.76. The highest BCUT2D eigenvalue weighted by atomic mass is 127. The minimum Gasteiger partial charge on any atom is -0.310 e. The quantitative estimate of drug-likeness (QED) is 0.651. The van der Waals surface area contributed by atoms with Crippen molar-refractivity contribution >= 4 is 49.9 Å². The minimum atomic E-state index is 0.391. The summed E-state index contributed by atoms with van der Waals surface area (Å²) in [5.74, 6) is 0. The van der Waals surface area contributed by atoms with Crippen molar-refractivity contribution in [1.82, 2.24) is 5.32 Å². The predicted molar refractivity (Wildman–Crippen MR) is 91.3 cm³/mol. The molecule has 1 aromatic carbocycles. The van der Waals surface area contributed by atoms with E-state index in [2.05, 4.69) is 86.5 Å². The lowest BCUT2D eigenvalue weighted by Crippen LogP contribution is -2.22. The lowest BCUT2D eigenvalue weighted by Gasteiger charge is -2.18. The van der Waals surface area contributed by atoms with Crippen LogP contribution in [0.4, 0.5) is 0 Å². The molecule has 0 aliphatic rings. The molecule has 1 heterocycles. The lowest BCUT2D eigenvalue weighted by atomic mass is 10.0. The molecule has 1 atom stereocenters. The third-order valence-corrected chi connectivity index (χ3v) is 5.47. The molecule has 0 aliphatic carbocycles. The molecule has 96 valence electrons. The topological polar surface area (TPSA) is 12.0 Å². The summed E-state index contributed by atoms with van der Waals surface area (Å²) >= 11 is 7.77. The van der Waals surface area contributed by atoms with E-state index in [0.717, 1.165) is 13.0 Å². The summed E-state index contributed by atoms with van der Waals surface area (Å²) in [6.45, 7) is 3.14. The number of hydrogen-bond acceptors (Lipinski definition) is 2. The van der Waals surface area contributed by atoms with Gasteiger partial charge in [-0.2, -0.15) is 0 Å². The molecule has 1 nitrogen and oxygen atoms in total. The van der Waals surface area contributed by atoms with Gasteiger partial charge in [0.05, 0.1) is 0 Å². The molecule has 0 aliphatic heterocycles. The van der Waals surface area contributed by atoms with Gasteiger partial charge in [0.1, 0.15) is 0 Å². The summed E-state index contributed by atoms with van der Waals surface area (Å²) in [4.78, 5) is 1.40. The zero-order valence-corrected chi connectivity index (χ0v) is 14.7. The summed E-state index contributed by atoms with van der Waals surface area (Å²) in [6, 6.07) is 11.3. The van der Waals surface area contributed by atoms with Crippen molar-refractivity contribution in [2.24, 2.45) is 0 Å². The highest BCUT2D eigenvalue weighted by Gasteiger charge is 2.13. The van der Waals surface area contributed by atoms with Gasteiger partial charge >= 0.3 is 0 Å². The Kier molecular flexibility index (Phi) is 5.66. The SMILES string of the molecule is CCNC(Cc1sccc1Br)c1ccc(I)cc1. The Labute approximate surface area is 134 Å². The Balaban J connectivity index is 2.18. The van der Waals surface area contributed by atoms with Crippen molar-refractivity contribution in [3.05, 3.63) is 54.2 Å². The first-order valence-corrected chi connectivity index (χ1v) is 8.66. The van der Waals surface area contributed by atoms with Crippen LogP contribution in [0.1, 0.15) is 23.4 Å². The fourth-order valence-electron chi connectivity index (χ4n) is 1.91. The molecule has 0 amide bonds. The van der Waals surface area contributed by atoms with Gasteiger partial charge in [0, 0.05) is 25.4 Å². The number of nitrogens with one attached hydrogen (secondary N) is 1. The molecule has 2 aromatic rings. The van der Waals surface area contributed by atoms with E-state index < -0.39 is 0 Å². The van der Waals surface area contributed by atoms with Crippen LogP contribution in [-0.2, 0) is 6.42 Å². The van der Waals surface area contributed by atoms with Gasteiger partial charge in [0.15, 0.2) is 0 Å². The highest BCUT2D eigenvalue weighted by molar-refractivity contribution is 14.1. The van der Waals surface area contributed by atoms with Gasteiger partial charge in [-0.25, -0.2) is 0 Å². The van der Waals surface area contributed by atoms with Crippen LogP contribution in [0.25, 0.3) is 0 Å². The second-order valence-corrected chi connectivity index (χ2v) is 7.16. The maximum atomic E-state index is 3.61. The molecule has 0 saturated heterocycles. The number of likely N-dealkylation sites (N-methyl/N-ethyl adjacent to an activating group) is 1. The number of halogens is 2. The number of benzene rings is 1. The van der Waals surface area contributed by atoms with Crippen molar-refractivity contribution in [3.8, 4) is 0 Å². The average molecular weight is 436 g/mol. The minimum absolute atomic E-state index is 0.391. The second kappa shape index (κ2) is 7.03. The number of thiophene rings is 1.